The topological polar surface area (TPSA) is 44.4 Å². The molecule has 4 nitrogen and oxygen atoms in total. The van der Waals surface area contributed by atoms with Crippen LogP contribution in [0.4, 0.5) is 4.79 Å². The highest BCUT2D eigenvalue weighted by molar-refractivity contribution is 5.76. The molecule has 4 heteroatoms. The fourth-order valence-corrected chi connectivity index (χ4v) is 2.27. The van der Waals surface area contributed by atoms with Gasteiger partial charge in [0.2, 0.25) is 0 Å². The Bertz CT molecular complexity index is 213. The van der Waals surface area contributed by atoms with Crippen molar-refractivity contribution in [3.05, 3.63) is 0 Å². The van der Waals surface area contributed by atoms with Gasteiger partial charge >= 0.3 is 6.03 Å². The Morgan fingerprint density at radius 3 is 3.00 bits per heavy atom. The van der Waals surface area contributed by atoms with Crippen molar-refractivity contribution in [1.82, 2.24) is 15.5 Å². The first-order chi connectivity index (χ1) is 6.75. The number of nitrogens with zero attached hydrogens (tertiary/aromatic N) is 1. The second-order valence-corrected chi connectivity index (χ2v) is 4.38. The Hall–Kier alpha value is -0.770. The minimum atomic E-state index is 0.107. The molecule has 2 aliphatic rings. The van der Waals surface area contributed by atoms with Crippen molar-refractivity contribution in [3.8, 4) is 0 Å². The van der Waals surface area contributed by atoms with Gasteiger partial charge in [-0.2, -0.15) is 0 Å². The Kier molecular flexibility index (Phi) is 2.91. The maximum Gasteiger partial charge on any atom is 0.317 e. The van der Waals surface area contributed by atoms with E-state index in [1.54, 1.807) is 0 Å². The Morgan fingerprint density at radius 2 is 2.43 bits per heavy atom. The number of carbonyl (C=O) groups excluding carboxylic acids is 1. The van der Waals surface area contributed by atoms with Gasteiger partial charge in [-0.15, -0.1) is 0 Å². The quantitative estimate of drug-likeness (QED) is 0.693. The average molecular weight is 197 g/mol. The van der Waals surface area contributed by atoms with Crippen LogP contribution in [0.2, 0.25) is 0 Å². The first kappa shape index (κ1) is 9.77. The molecule has 2 atom stereocenters. The Morgan fingerprint density at radius 1 is 1.57 bits per heavy atom. The molecule has 2 rings (SSSR count). The molecular weight excluding hydrogens is 178 g/mol. The molecule has 0 spiro atoms. The Labute approximate surface area is 85.0 Å². The minimum Gasteiger partial charge on any atom is -0.334 e. The van der Waals surface area contributed by atoms with E-state index >= 15 is 0 Å². The lowest BCUT2D eigenvalue weighted by Gasteiger charge is -2.17. The molecule has 0 radical (unpaired) electrons. The van der Waals surface area contributed by atoms with E-state index in [9.17, 15) is 4.79 Å². The van der Waals surface area contributed by atoms with Gasteiger partial charge in [0.05, 0.1) is 0 Å². The fourth-order valence-electron chi connectivity index (χ4n) is 2.27. The van der Waals surface area contributed by atoms with Gasteiger partial charge in [0.15, 0.2) is 0 Å². The van der Waals surface area contributed by atoms with Gasteiger partial charge in [-0.05, 0) is 32.7 Å². The lowest BCUT2D eigenvalue weighted by Crippen LogP contribution is -2.33. The van der Waals surface area contributed by atoms with Crippen LogP contribution in [-0.2, 0) is 0 Å². The first-order valence-electron chi connectivity index (χ1n) is 5.54. The Balaban J connectivity index is 1.72. The minimum absolute atomic E-state index is 0.107. The van der Waals surface area contributed by atoms with E-state index in [0.717, 1.165) is 26.1 Å². The SMILES string of the molecule is CC1CN(CCC2CCCN2)C(=O)N1. The van der Waals surface area contributed by atoms with E-state index in [1.807, 2.05) is 11.8 Å². The van der Waals surface area contributed by atoms with Crippen molar-refractivity contribution in [2.24, 2.45) is 0 Å². The third-order valence-electron chi connectivity index (χ3n) is 3.06. The summed E-state index contributed by atoms with van der Waals surface area (Å²) in [4.78, 5) is 13.3. The normalized spacial score (nSPS) is 32.4. The maximum atomic E-state index is 11.4. The second kappa shape index (κ2) is 4.17. The molecule has 14 heavy (non-hydrogen) atoms. The zero-order chi connectivity index (χ0) is 9.97. The summed E-state index contributed by atoms with van der Waals surface area (Å²) in [6, 6.07) is 1.06. The largest absolute Gasteiger partial charge is 0.334 e. The summed E-state index contributed by atoms with van der Waals surface area (Å²) in [5.41, 5.74) is 0. The molecule has 0 bridgehead atoms. The lowest BCUT2D eigenvalue weighted by atomic mass is 10.1. The van der Waals surface area contributed by atoms with Crippen LogP contribution in [0.25, 0.3) is 0 Å². The van der Waals surface area contributed by atoms with Crippen LogP contribution in [0.3, 0.4) is 0 Å². The summed E-state index contributed by atoms with van der Waals surface area (Å²) in [7, 11) is 0. The van der Waals surface area contributed by atoms with Gasteiger partial charge in [0.1, 0.15) is 0 Å². The zero-order valence-corrected chi connectivity index (χ0v) is 8.75. The molecular formula is C10H19N3O. The molecule has 0 aromatic rings. The van der Waals surface area contributed by atoms with Crippen molar-refractivity contribution in [3.63, 3.8) is 0 Å². The van der Waals surface area contributed by atoms with Crippen LogP contribution in [0, 0.1) is 0 Å². The molecule has 2 fully saturated rings. The highest BCUT2D eigenvalue weighted by Crippen LogP contribution is 2.11. The number of nitrogens with one attached hydrogen (secondary N) is 2. The zero-order valence-electron chi connectivity index (χ0n) is 8.75. The standard InChI is InChI=1S/C10H19N3O/c1-8-7-13(10(14)12-8)6-4-9-3-2-5-11-9/h8-9,11H,2-7H2,1H3,(H,12,14). The van der Waals surface area contributed by atoms with Crippen LogP contribution in [0.15, 0.2) is 0 Å². The summed E-state index contributed by atoms with van der Waals surface area (Å²) in [6.45, 7) is 4.96. The first-order valence-corrected chi connectivity index (χ1v) is 5.54. The molecule has 0 aromatic heterocycles. The van der Waals surface area contributed by atoms with Gasteiger partial charge in [0, 0.05) is 25.2 Å². The number of rotatable bonds is 3. The van der Waals surface area contributed by atoms with Crippen LogP contribution >= 0.6 is 0 Å². The molecule has 2 unspecified atom stereocenters. The fraction of sp³-hybridized carbons (Fsp3) is 0.900. The van der Waals surface area contributed by atoms with Crippen LogP contribution in [0.1, 0.15) is 26.2 Å². The number of carbonyl (C=O) groups is 1. The number of urea groups is 1. The van der Waals surface area contributed by atoms with Gasteiger partial charge in [-0.25, -0.2) is 4.79 Å². The van der Waals surface area contributed by atoms with E-state index < -0.39 is 0 Å². The molecule has 0 aliphatic carbocycles. The van der Waals surface area contributed by atoms with Crippen molar-refractivity contribution < 1.29 is 4.79 Å². The molecule has 2 heterocycles. The molecule has 80 valence electrons. The van der Waals surface area contributed by atoms with Crippen LogP contribution in [-0.4, -0.2) is 42.6 Å². The smallest absolute Gasteiger partial charge is 0.317 e. The number of hydrogen-bond donors (Lipinski definition) is 2. The van der Waals surface area contributed by atoms with E-state index in [2.05, 4.69) is 10.6 Å². The van der Waals surface area contributed by atoms with Gasteiger partial charge in [0.25, 0.3) is 0 Å². The van der Waals surface area contributed by atoms with Crippen LogP contribution in [0.5, 0.6) is 0 Å². The average Bonchev–Trinajstić information content (AvgIpc) is 2.72. The van der Waals surface area contributed by atoms with E-state index in [4.69, 9.17) is 0 Å². The van der Waals surface area contributed by atoms with Crippen molar-refractivity contribution >= 4 is 6.03 Å². The van der Waals surface area contributed by atoms with Crippen molar-refractivity contribution in [2.45, 2.75) is 38.3 Å². The summed E-state index contributed by atoms with van der Waals surface area (Å²) in [5.74, 6) is 0. The number of hydrogen-bond acceptors (Lipinski definition) is 2. The lowest BCUT2D eigenvalue weighted by molar-refractivity contribution is 0.215. The molecule has 2 N–H and O–H groups in total. The molecule has 0 saturated carbocycles. The van der Waals surface area contributed by atoms with E-state index in [1.165, 1.54) is 12.8 Å². The molecule has 0 aromatic carbocycles. The monoisotopic (exact) mass is 197 g/mol. The van der Waals surface area contributed by atoms with Gasteiger partial charge in [-0.3, -0.25) is 0 Å². The number of amides is 2. The van der Waals surface area contributed by atoms with E-state index in [0.29, 0.717) is 12.1 Å². The molecule has 2 aliphatic heterocycles. The van der Waals surface area contributed by atoms with Crippen molar-refractivity contribution in [2.75, 3.05) is 19.6 Å². The third kappa shape index (κ3) is 2.18. The van der Waals surface area contributed by atoms with Crippen molar-refractivity contribution in [1.29, 1.82) is 0 Å². The van der Waals surface area contributed by atoms with Gasteiger partial charge in [-0.1, -0.05) is 0 Å². The van der Waals surface area contributed by atoms with E-state index in [-0.39, 0.29) is 6.03 Å². The highest BCUT2D eigenvalue weighted by Gasteiger charge is 2.26. The van der Waals surface area contributed by atoms with Gasteiger partial charge < -0.3 is 15.5 Å². The predicted octanol–water partition coefficient (Wildman–Crippen LogP) is 0.542. The maximum absolute atomic E-state index is 11.4. The molecule has 2 saturated heterocycles. The van der Waals surface area contributed by atoms with Crippen LogP contribution < -0.4 is 10.6 Å². The highest BCUT2D eigenvalue weighted by atomic mass is 16.2. The third-order valence-corrected chi connectivity index (χ3v) is 3.06. The summed E-state index contributed by atoms with van der Waals surface area (Å²) < 4.78 is 0. The summed E-state index contributed by atoms with van der Waals surface area (Å²) in [6.07, 6.45) is 3.65. The molecule has 2 amide bonds. The summed E-state index contributed by atoms with van der Waals surface area (Å²) in [5, 5.41) is 6.36. The predicted molar refractivity (Wildman–Crippen MR) is 55.2 cm³/mol. The summed E-state index contributed by atoms with van der Waals surface area (Å²) >= 11 is 0. The second-order valence-electron chi connectivity index (χ2n) is 4.38.